The van der Waals surface area contributed by atoms with Crippen molar-refractivity contribution in [1.82, 2.24) is 0 Å². The summed E-state index contributed by atoms with van der Waals surface area (Å²) in [5.41, 5.74) is -0.870. The molecule has 21 heavy (non-hydrogen) atoms. The second-order valence-corrected chi connectivity index (χ2v) is 4.41. The molecular weight excluding hydrogens is 306 g/mol. The lowest BCUT2D eigenvalue weighted by Crippen LogP contribution is -2.14. The first kappa shape index (κ1) is 14.9. The van der Waals surface area contributed by atoms with E-state index in [2.05, 4.69) is 5.32 Å². The largest absolute Gasteiger partial charge is 0.321 e. The Balaban J connectivity index is 2.32. The van der Waals surface area contributed by atoms with Crippen molar-refractivity contribution in [3.8, 4) is 0 Å². The molecule has 0 saturated carbocycles. The second-order valence-electron chi connectivity index (χ2n) is 4.00. The minimum Gasteiger partial charge on any atom is -0.321 e. The van der Waals surface area contributed by atoms with Gasteiger partial charge in [-0.15, -0.1) is 0 Å². The molecule has 0 unspecified atom stereocenters. The number of benzene rings is 2. The molecule has 0 aromatic heterocycles. The molecule has 108 valence electrons. The van der Waals surface area contributed by atoms with E-state index in [0.29, 0.717) is 0 Å². The highest BCUT2D eigenvalue weighted by atomic mass is 35.5. The summed E-state index contributed by atoms with van der Waals surface area (Å²) in [5, 5.41) is 12.8. The Hall–Kier alpha value is -2.54. The quantitative estimate of drug-likeness (QED) is 0.692. The van der Waals surface area contributed by atoms with Crippen molar-refractivity contribution in [3.63, 3.8) is 0 Å². The lowest BCUT2D eigenvalue weighted by Gasteiger charge is -2.08. The molecule has 0 heterocycles. The van der Waals surface area contributed by atoms with Crippen LogP contribution in [0.25, 0.3) is 0 Å². The highest BCUT2D eigenvalue weighted by Crippen LogP contribution is 2.24. The highest BCUT2D eigenvalue weighted by Gasteiger charge is 2.18. The molecule has 0 aliphatic rings. The van der Waals surface area contributed by atoms with Crippen LogP contribution in [-0.2, 0) is 0 Å². The fourth-order valence-electron chi connectivity index (χ4n) is 1.58. The minimum atomic E-state index is -0.926. The van der Waals surface area contributed by atoms with Gasteiger partial charge in [0.2, 0.25) is 0 Å². The predicted octanol–water partition coefficient (Wildman–Crippen LogP) is 3.78. The zero-order chi connectivity index (χ0) is 15.6. The predicted molar refractivity (Wildman–Crippen MR) is 72.4 cm³/mol. The monoisotopic (exact) mass is 312 g/mol. The fraction of sp³-hybridized carbons (Fsp3) is 0. The molecule has 0 atom stereocenters. The van der Waals surface area contributed by atoms with E-state index in [1.807, 2.05) is 0 Å². The van der Waals surface area contributed by atoms with Crippen molar-refractivity contribution < 1.29 is 18.5 Å². The number of hydrogen-bond acceptors (Lipinski definition) is 3. The molecule has 0 aliphatic heterocycles. The van der Waals surface area contributed by atoms with Crippen molar-refractivity contribution in [3.05, 3.63) is 68.7 Å². The molecule has 0 saturated heterocycles. The van der Waals surface area contributed by atoms with Gasteiger partial charge in [0.05, 0.1) is 21.2 Å². The van der Waals surface area contributed by atoms with Crippen molar-refractivity contribution in [2.45, 2.75) is 0 Å². The van der Waals surface area contributed by atoms with Crippen LogP contribution in [0.4, 0.5) is 20.2 Å². The van der Waals surface area contributed by atoms with Crippen LogP contribution in [0.3, 0.4) is 0 Å². The zero-order valence-electron chi connectivity index (χ0n) is 10.3. The number of non-ortho nitro benzene ring substituents is 1. The van der Waals surface area contributed by atoms with Crippen LogP contribution in [0, 0.1) is 21.7 Å². The molecule has 0 bridgehead atoms. The molecule has 2 rings (SSSR count). The van der Waals surface area contributed by atoms with Crippen LogP contribution in [0.1, 0.15) is 10.4 Å². The summed E-state index contributed by atoms with van der Waals surface area (Å²) in [6.45, 7) is 0. The Kier molecular flexibility index (Phi) is 4.13. The van der Waals surface area contributed by atoms with Gasteiger partial charge in [-0.25, -0.2) is 8.78 Å². The summed E-state index contributed by atoms with van der Waals surface area (Å²) in [5.74, 6) is -2.44. The highest BCUT2D eigenvalue weighted by molar-refractivity contribution is 6.33. The van der Waals surface area contributed by atoms with Gasteiger partial charge < -0.3 is 5.32 Å². The summed E-state index contributed by atoms with van der Waals surface area (Å²) in [7, 11) is 0. The molecule has 1 amide bonds. The maximum atomic E-state index is 13.6. The Morgan fingerprint density at radius 2 is 1.90 bits per heavy atom. The van der Waals surface area contributed by atoms with E-state index in [0.717, 1.165) is 30.3 Å². The number of amides is 1. The van der Waals surface area contributed by atoms with E-state index < -0.39 is 33.7 Å². The van der Waals surface area contributed by atoms with Crippen molar-refractivity contribution in [1.29, 1.82) is 0 Å². The van der Waals surface area contributed by atoms with Gasteiger partial charge in [-0.3, -0.25) is 14.9 Å². The van der Waals surface area contributed by atoms with Gasteiger partial charge in [0.15, 0.2) is 0 Å². The summed E-state index contributed by atoms with van der Waals surface area (Å²) in [4.78, 5) is 21.8. The van der Waals surface area contributed by atoms with E-state index in [-0.39, 0.29) is 10.7 Å². The smallest absolute Gasteiger partial charge is 0.270 e. The first-order valence-electron chi connectivity index (χ1n) is 5.59. The number of hydrogen-bond donors (Lipinski definition) is 1. The average Bonchev–Trinajstić information content (AvgIpc) is 2.42. The Bertz CT molecular complexity index is 737. The zero-order valence-corrected chi connectivity index (χ0v) is 11.0. The van der Waals surface area contributed by atoms with Crippen LogP contribution in [0.15, 0.2) is 36.4 Å². The van der Waals surface area contributed by atoms with E-state index in [1.54, 1.807) is 0 Å². The third-order valence-electron chi connectivity index (χ3n) is 2.58. The third-order valence-corrected chi connectivity index (χ3v) is 2.90. The number of carbonyl (C=O) groups is 1. The summed E-state index contributed by atoms with van der Waals surface area (Å²) >= 11 is 5.73. The van der Waals surface area contributed by atoms with Crippen molar-refractivity contribution in [2.24, 2.45) is 0 Å². The first-order chi connectivity index (χ1) is 9.88. The van der Waals surface area contributed by atoms with E-state index in [9.17, 15) is 23.7 Å². The molecule has 8 heteroatoms. The average molecular weight is 313 g/mol. The minimum absolute atomic E-state index is 0.0639. The SMILES string of the molecule is O=C(Nc1ccc(F)cc1Cl)c1cc([N+](=O)[O-])ccc1F. The molecule has 2 aromatic carbocycles. The number of rotatable bonds is 3. The summed E-state index contributed by atoms with van der Waals surface area (Å²) < 4.78 is 26.5. The number of nitrogens with zero attached hydrogens (tertiary/aromatic N) is 1. The number of nitro benzene ring substituents is 1. The summed E-state index contributed by atoms with van der Waals surface area (Å²) in [6, 6.07) is 5.80. The lowest BCUT2D eigenvalue weighted by molar-refractivity contribution is -0.384. The van der Waals surface area contributed by atoms with Gasteiger partial charge in [0.25, 0.3) is 11.6 Å². The lowest BCUT2D eigenvalue weighted by atomic mass is 10.1. The fourth-order valence-corrected chi connectivity index (χ4v) is 1.80. The van der Waals surface area contributed by atoms with Gasteiger partial charge in [0, 0.05) is 12.1 Å². The Morgan fingerprint density at radius 3 is 2.52 bits per heavy atom. The van der Waals surface area contributed by atoms with Crippen molar-refractivity contribution in [2.75, 3.05) is 5.32 Å². The van der Waals surface area contributed by atoms with Crippen LogP contribution < -0.4 is 5.32 Å². The molecular formula is C13H7ClF2N2O3. The van der Waals surface area contributed by atoms with Crippen molar-refractivity contribution >= 4 is 28.9 Å². The van der Waals surface area contributed by atoms with Crippen LogP contribution >= 0.6 is 11.6 Å². The molecule has 0 radical (unpaired) electrons. The van der Waals surface area contributed by atoms with Gasteiger partial charge in [0.1, 0.15) is 11.6 Å². The Labute approximate surface area is 122 Å². The van der Waals surface area contributed by atoms with Crippen LogP contribution in [0.2, 0.25) is 5.02 Å². The van der Waals surface area contributed by atoms with E-state index in [4.69, 9.17) is 11.6 Å². The Morgan fingerprint density at radius 1 is 1.19 bits per heavy atom. The number of halogens is 3. The molecule has 0 spiro atoms. The third kappa shape index (κ3) is 3.32. The van der Waals surface area contributed by atoms with Gasteiger partial charge in [-0.2, -0.15) is 0 Å². The summed E-state index contributed by atoms with van der Waals surface area (Å²) in [6.07, 6.45) is 0. The number of nitrogens with one attached hydrogen (secondary N) is 1. The van der Waals surface area contributed by atoms with E-state index >= 15 is 0 Å². The first-order valence-corrected chi connectivity index (χ1v) is 5.96. The normalized spacial score (nSPS) is 10.2. The van der Waals surface area contributed by atoms with E-state index in [1.165, 1.54) is 6.07 Å². The van der Waals surface area contributed by atoms with Crippen LogP contribution in [-0.4, -0.2) is 10.8 Å². The molecule has 1 N–H and O–H groups in total. The topological polar surface area (TPSA) is 72.2 Å². The number of anilines is 1. The maximum Gasteiger partial charge on any atom is 0.270 e. The van der Waals surface area contributed by atoms with Gasteiger partial charge in [-0.1, -0.05) is 11.6 Å². The standard InChI is InChI=1S/C13H7ClF2N2O3/c14-10-5-7(15)1-4-12(10)17-13(19)9-6-8(18(20)21)2-3-11(9)16/h1-6H,(H,17,19). The second kappa shape index (κ2) is 5.84. The van der Waals surface area contributed by atoms with Gasteiger partial charge >= 0.3 is 0 Å². The number of nitro groups is 1. The molecule has 2 aromatic rings. The molecule has 0 aliphatic carbocycles. The number of carbonyl (C=O) groups excluding carboxylic acids is 1. The maximum absolute atomic E-state index is 13.6. The molecule has 5 nitrogen and oxygen atoms in total. The molecule has 0 fully saturated rings. The van der Waals surface area contributed by atoms with Crippen LogP contribution in [0.5, 0.6) is 0 Å². The van der Waals surface area contributed by atoms with Gasteiger partial charge in [-0.05, 0) is 24.3 Å².